The normalized spacial score (nSPS) is 13.3. The Morgan fingerprint density at radius 2 is 2.64 bits per heavy atom. The number of likely N-dealkylation sites (N-methyl/N-ethyl adjacent to an activating group) is 1. The monoisotopic (exact) mass is 172 g/mol. The number of aromatic nitrogens is 1. The highest BCUT2D eigenvalue weighted by Gasteiger charge is 2.04. The standard InChI is InChI=1S/C7H12N2OS/c1-8-5-6(10)4-7-9-2-3-11-7/h2-3,6,8,10H,4-5H2,1H3. The lowest BCUT2D eigenvalue weighted by Gasteiger charge is -2.06. The molecule has 0 bridgehead atoms. The number of thiazole rings is 1. The first-order chi connectivity index (χ1) is 5.33. The molecule has 1 rings (SSSR count). The van der Waals surface area contributed by atoms with E-state index in [-0.39, 0.29) is 6.10 Å². The lowest BCUT2D eigenvalue weighted by atomic mass is 10.2. The molecule has 0 spiro atoms. The van der Waals surface area contributed by atoms with Crippen molar-refractivity contribution in [3.8, 4) is 0 Å². The molecule has 0 radical (unpaired) electrons. The van der Waals surface area contributed by atoms with Crippen LogP contribution >= 0.6 is 11.3 Å². The van der Waals surface area contributed by atoms with Gasteiger partial charge in [-0.05, 0) is 7.05 Å². The topological polar surface area (TPSA) is 45.1 Å². The molecule has 0 saturated carbocycles. The summed E-state index contributed by atoms with van der Waals surface area (Å²) in [5, 5.41) is 15.1. The second-order valence-corrected chi connectivity index (χ2v) is 3.32. The molecule has 1 atom stereocenters. The summed E-state index contributed by atoms with van der Waals surface area (Å²) in [6.45, 7) is 0.625. The summed E-state index contributed by atoms with van der Waals surface area (Å²) in [7, 11) is 1.82. The Bertz CT molecular complexity index is 188. The molecule has 3 nitrogen and oxygen atoms in total. The average Bonchev–Trinajstić information content (AvgIpc) is 2.40. The fourth-order valence-corrected chi connectivity index (χ4v) is 1.55. The van der Waals surface area contributed by atoms with Crippen LogP contribution in [0, 0.1) is 0 Å². The van der Waals surface area contributed by atoms with Crippen LogP contribution in [-0.2, 0) is 6.42 Å². The fourth-order valence-electron chi connectivity index (χ4n) is 0.863. The van der Waals surface area contributed by atoms with Gasteiger partial charge in [-0.15, -0.1) is 11.3 Å². The minimum absolute atomic E-state index is 0.314. The van der Waals surface area contributed by atoms with Crippen LogP contribution in [0.25, 0.3) is 0 Å². The van der Waals surface area contributed by atoms with Crippen LogP contribution in [0.4, 0.5) is 0 Å². The van der Waals surface area contributed by atoms with Gasteiger partial charge in [0.2, 0.25) is 0 Å². The molecule has 1 aromatic heterocycles. The zero-order valence-corrected chi connectivity index (χ0v) is 7.27. The maximum atomic E-state index is 9.33. The van der Waals surface area contributed by atoms with Gasteiger partial charge in [0, 0.05) is 24.5 Å². The average molecular weight is 172 g/mol. The molecule has 11 heavy (non-hydrogen) atoms. The molecule has 1 unspecified atom stereocenters. The summed E-state index contributed by atoms with van der Waals surface area (Å²) in [5.74, 6) is 0. The van der Waals surface area contributed by atoms with Gasteiger partial charge in [0.1, 0.15) is 0 Å². The molecule has 0 fully saturated rings. The van der Waals surface area contributed by atoms with Gasteiger partial charge in [0.05, 0.1) is 11.1 Å². The van der Waals surface area contributed by atoms with Crippen molar-refractivity contribution in [3.63, 3.8) is 0 Å². The first-order valence-corrected chi connectivity index (χ1v) is 4.42. The zero-order valence-electron chi connectivity index (χ0n) is 6.45. The number of hydrogen-bond donors (Lipinski definition) is 2. The van der Waals surface area contributed by atoms with E-state index in [9.17, 15) is 5.11 Å². The largest absolute Gasteiger partial charge is 0.391 e. The van der Waals surface area contributed by atoms with Gasteiger partial charge in [-0.2, -0.15) is 0 Å². The van der Waals surface area contributed by atoms with Crippen LogP contribution in [0.3, 0.4) is 0 Å². The number of rotatable bonds is 4. The van der Waals surface area contributed by atoms with Crippen LogP contribution in [0.15, 0.2) is 11.6 Å². The highest BCUT2D eigenvalue weighted by molar-refractivity contribution is 7.09. The van der Waals surface area contributed by atoms with Crippen molar-refractivity contribution in [2.45, 2.75) is 12.5 Å². The third kappa shape index (κ3) is 2.96. The Morgan fingerprint density at radius 3 is 3.18 bits per heavy atom. The molecule has 0 aliphatic heterocycles. The number of aliphatic hydroxyl groups is 1. The van der Waals surface area contributed by atoms with Crippen LogP contribution in [0.2, 0.25) is 0 Å². The van der Waals surface area contributed by atoms with Crippen LogP contribution in [-0.4, -0.2) is 29.8 Å². The second-order valence-electron chi connectivity index (χ2n) is 2.34. The van der Waals surface area contributed by atoms with Crippen molar-refractivity contribution in [2.75, 3.05) is 13.6 Å². The van der Waals surface area contributed by atoms with Crippen LogP contribution in [0.1, 0.15) is 5.01 Å². The smallest absolute Gasteiger partial charge is 0.0951 e. The lowest BCUT2D eigenvalue weighted by Crippen LogP contribution is -2.25. The van der Waals surface area contributed by atoms with Gasteiger partial charge in [-0.25, -0.2) is 4.98 Å². The number of hydrogen-bond acceptors (Lipinski definition) is 4. The molecule has 0 aliphatic carbocycles. The predicted molar refractivity (Wildman–Crippen MR) is 45.8 cm³/mol. The molecule has 2 N–H and O–H groups in total. The molecular formula is C7H12N2OS. The molecule has 0 amide bonds. The minimum Gasteiger partial charge on any atom is -0.391 e. The summed E-state index contributed by atoms with van der Waals surface area (Å²) in [6.07, 6.45) is 2.09. The summed E-state index contributed by atoms with van der Waals surface area (Å²) in [4.78, 5) is 4.07. The van der Waals surface area contributed by atoms with Crippen LogP contribution < -0.4 is 5.32 Å². The van der Waals surface area contributed by atoms with E-state index in [4.69, 9.17) is 0 Å². The summed E-state index contributed by atoms with van der Waals surface area (Å²) in [5.41, 5.74) is 0. The summed E-state index contributed by atoms with van der Waals surface area (Å²) >= 11 is 1.58. The Hall–Kier alpha value is -0.450. The molecule has 0 aromatic carbocycles. The van der Waals surface area contributed by atoms with Crippen LogP contribution in [0.5, 0.6) is 0 Å². The van der Waals surface area contributed by atoms with E-state index in [0.717, 1.165) is 5.01 Å². The van der Waals surface area contributed by atoms with E-state index in [0.29, 0.717) is 13.0 Å². The Kier molecular flexibility index (Phi) is 3.48. The number of nitrogens with one attached hydrogen (secondary N) is 1. The Labute approximate surface area is 70.1 Å². The van der Waals surface area contributed by atoms with Gasteiger partial charge in [0.25, 0.3) is 0 Å². The van der Waals surface area contributed by atoms with E-state index in [1.807, 2.05) is 12.4 Å². The van der Waals surface area contributed by atoms with Crippen molar-refractivity contribution >= 4 is 11.3 Å². The van der Waals surface area contributed by atoms with Crippen molar-refractivity contribution < 1.29 is 5.11 Å². The van der Waals surface area contributed by atoms with Crippen molar-refractivity contribution in [1.29, 1.82) is 0 Å². The number of aliphatic hydroxyl groups excluding tert-OH is 1. The molecule has 4 heteroatoms. The SMILES string of the molecule is CNCC(O)Cc1nccs1. The summed E-state index contributed by atoms with van der Waals surface area (Å²) in [6, 6.07) is 0. The van der Waals surface area contributed by atoms with Gasteiger partial charge < -0.3 is 10.4 Å². The van der Waals surface area contributed by atoms with E-state index < -0.39 is 0 Å². The third-order valence-electron chi connectivity index (χ3n) is 1.33. The van der Waals surface area contributed by atoms with E-state index in [1.165, 1.54) is 0 Å². The minimum atomic E-state index is -0.314. The molecule has 1 aromatic rings. The molecule has 0 aliphatic rings. The second kappa shape index (κ2) is 4.43. The fraction of sp³-hybridized carbons (Fsp3) is 0.571. The first-order valence-electron chi connectivity index (χ1n) is 3.54. The van der Waals surface area contributed by atoms with Gasteiger partial charge in [-0.1, -0.05) is 0 Å². The molecule has 1 heterocycles. The quantitative estimate of drug-likeness (QED) is 0.685. The van der Waals surface area contributed by atoms with E-state index >= 15 is 0 Å². The van der Waals surface area contributed by atoms with Crippen molar-refractivity contribution in [3.05, 3.63) is 16.6 Å². The number of nitrogens with zero attached hydrogens (tertiary/aromatic N) is 1. The highest BCUT2D eigenvalue weighted by atomic mass is 32.1. The molecular weight excluding hydrogens is 160 g/mol. The predicted octanol–water partition coefficient (Wildman–Crippen LogP) is 0.266. The summed E-state index contributed by atoms with van der Waals surface area (Å²) < 4.78 is 0. The van der Waals surface area contributed by atoms with Crippen molar-refractivity contribution in [2.24, 2.45) is 0 Å². The van der Waals surface area contributed by atoms with Gasteiger partial charge in [-0.3, -0.25) is 0 Å². The molecule has 62 valence electrons. The maximum absolute atomic E-state index is 9.33. The highest BCUT2D eigenvalue weighted by Crippen LogP contribution is 2.06. The Balaban J connectivity index is 2.31. The van der Waals surface area contributed by atoms with E-state index in [1.54, 1.807) is 17.5 Å². The Morgan fingerprint density at radius 1 is 1.82 bits per heavy atom. The maximum Gasteiger partial charge on any atom is 0.0951 e. The lowest BCUT2D eigenvalue weighted by molar-refractivity contribution is 0.174. The van der Waals surface area contributed by atoms with Gasteiger partial charge >= 0.3 is 0 Å². The molecule has 0 saturated heterocycles. The first kappa shape index (κ1) is 8.64. The zero-order chi connectivity index (χ0) is 8.10. The van der Waals surface area contributed by atoms with Gasteiger partial charge in [0.15, 0.2) is 0 Å². The third-order valence-corrected chi connectivity index (χ3v) is 2.14. The van der Waals surface area contributed by atoms with Crippen molar-refractivity contribution in [1.82, 2.24) is 10.3 Å². The van der Waals surface area contributed by atoms with E-state index in [2.05, 4.69) is 10.3 Å².